The summed E-state index contributed by atoms with van der Waals surface area (Å²) < 4.78 is 5.53. The minimum absolute atomic E-state index is 0.0744. The fraction of sp³-hybridized carbons (Fsp3) is 0.368. The van der Waals surface area contributed by atoms with Gasteiger partial charge in [0.25, 0.3) is 5.91 Å². The van der Waals surface area contributed by atoms with E-state index in [-0.39, 0.29) is 17.5 Å². The molecule has 0 aliphatic carbocycles. The summed E-state index contributed by atoms with van der Waals surface area (Å²) in [5, 5.41) is 2.84. The molecular weight excluding hydrogens is 346 g/mol. The van der Waals surface area contributed by atoms with Gasteiger partial charge in [0, 0.05) is 39.2 Å². The molecule has 142 valence electrons. The van der Waals surface area contributed by atoms with Crippen LogP contribution in [0.5, 0.6) is 5.75 Å². The van der Waals surface area contributed by atoms with E-state index in [1.807, 2.05) is 24.0 Å². The zero-order valence-electron chi connectivity index (χ0n) is 15.5. The molecule has 0 bridgehead atoms. The summed E-state index contributed by atoms with van der Waals surface area (Å²) in [4.78, 5) is 36.3. The Labute approximate surface area is 158 Å². The summed E-state index contributed by atoms with van der Waals surface area (Å²) in [7, 11) is 0. The first kappa shape index (κ1) is 18.6. The molecule has 2 aromatic rings. The molecule has 0 spiro atoms. The van der Waals surface area contributed by atoms with Crippen molar-refractivity contribution in [1.29, 1.82) is 0 Å². The Morgan fingerprint density at radius 3 is 2.59 bits per heavy atom. The molecule has 8 nitrogen and oxygen atoms in total. The number of hydrogen-bond acceptors (Lipinski definition) is 6. The number of hydrogen-bond donors (Lipinski definition) is 1. The van der Waals surface area contributed by atoms with Crippen molar-refractivity contribution in [2.24, 2.45) is 0 Å². The molecule has 0 atom stereocenters. The molecule has 8 heteroatoms. The van der Waals surface area contributed by atoms with Crippen LogP contribution in [-0.2, 0) is 4.79 Å². The lowest BCUT2D eigenvalue weighted by molar-refractivity contribution is -0.129. The number of ether oxygens (including phenoxy) is 1. The molecule has 0 unspecified atom stereocenters. The smallest absolute Gasteiger partial charge is 0.274 e. The summed E-state index contributed by atoms with van der Waals surface area (Å²) in [6.07, 6.45) is 1.38. The molecule has 0 radical (unpaired) electrons. The lowest BCUT2D eigenvalue weighted by Gasteiger charge is -2.34. The van der Waals surface area contributed by atoms with E-state index in [1.54, 1.807) is 30.0 Å². The number of piperazine rings is 1. The molecule has 1 fully saturated rings. The van der Waals surface area contributed by atoms with Crippen LogP contribution in [0.2, 0.25) is 0 Å². The van der Waals surface area contributed by atoms with Crippen molar-refractivity contribution in [1.82, 2.24) is 14.9 Å². The van der Waals surface area contributed by atoms with E-state index in [0.29, 0.717) is 50.0 Å². The van der Waals surface area contributed by atoms with Crippen LogP contribution in [0.15, 0.2) is 36.7 Å². The summed E-state index contributed by atoms with van der Waals surface area (Å²) >= 11 is 0. The molecule has 3 rings (SSSR count). The van der Waals surface area contributed by atoms with Crippen LogP contribution in [0.4, 0.5) is 11.5 Å². The fourth-order valence-electron chi connectivity index (χ4n) is 2.93. The first-order chi connectivity index (χ1) is 13.1. The van der Waals surface area contributed by atoms with Crippen molar-refractivity contribution in [3.63, 3.8) is 0 Å². The van der Waals surface area contributed by atoms with E-state index in [0.717, 1.165) is 0 Å². The Balaban J connectivity index is 1.70. The predicted octanol–water partition coefficient (Wildman–Crippen LogP) is 1.80. The summed E-state index contributed by atoms with van der Waals surface area (Å²) in [6, 6.07) is 8.94. The largest absolute Gasteiger partial charge is 0.492 e. The number of aromatic nitrogens is 2. The normalized spacial score (nSPS) is 14.0. The van der Waals surface area contributed by atoms with E-state index in [4.69, 9.17) is 4.74 Å². The molecule has 1 aromatic carbocycles. The quantitative estimate of drug-likeness (QED) is 0.865. The Hall–Kier alpha value is -3.16. The number of rotatable bonds is 5. The van der Waals surface area contributed by atoms with Crippen molar-refractivity contribution in [2.45, 2.75) is 13.8 Å². The highest BCUT2D eigenvalue weighted by molar-refractivity contribution is 6.04. The third-order valence-electron chi connectivity index (χ3n) is 4.37. The van der Waals surface area contributed by atoms with Gasteiger partial charge in [-0.2, -0.15) is 0 Å². The monoisotopic (exact) mass is 369 g/mol. The van der Waals surface area contributed by atoms with Gasteiger partial charge in [0.1, 0.15) is 23.6 Å². The van der Waals surface area contributed by atoms with Gasteiger partial charge in [-0.25, -0.2) is 9.97 Å². The highest BCUT2D eigenvalue weighted by atomic mass is 16.5. The molecule has 27 heavy (non-hydrogen) atoms. The Morgan fingerprint density at radius 1 is 1.15 bits per heavy atom. The molecule has 1 aliphatic heterocycles. The Morgan fingerprint density at radius 2 is 1.89 bits per heavy atom. The van der Waals surface area contributed by atoms with Gasteiger partial charge in [0.15, 0.2) is 0 Å². The number of carbonyl (C=O) groups is 2. The van der Waals surface area contributed by atoms with Gasteiger partial charge in [-0.3, -0.25) is 9.59 Å². The molecule has 2 heterocycles. The van der Waals surface area contributed by atoms with Gasteiger partial charge >= 0.3 is 0 Å². The van der Waals surface area contributed by atoms with Crippen LogP contribution in [0.25, 0.3) is 0 Å². The van der Waals surface area contributed by atoms with E-state index >= 15 is 0 Å². The van der Waals surface area contributed by atoms with Crippen molar-refractivity contribution in [2.75, 3.05) is 43.0 Å². The van der Waals surface area contributed by atoms with Gasteiger partial charge < -0.3 is 19.9 Å². The average Bonchev–Trinajstić information content (AvgIpc) is 2.70. The Bertz CT molecular complexity index is 818. The van der Waals surface area contributed by atoms with Crippen molar-refractivity contribution in [3.8, 4) is 5.75 Å². The molecule has 1 saturated heterocycles. The van der Waals surface area contributed by atoms with Crippen LogP contribution >= 0.6 is 0 Å². The summed E-state index contributed by atoms with van der Waals surface area (Å²) in [5.41, 5.74) is 0.875. The number of carbonyl (C=O) groups excluding carboxylic acids is 2. The fourth-order valence-corrected chi connectivity index (χ4v) is 2.93. The van der Waals surface area contributed by atoms with Crippen LogP contribution in [0.1, 0.15) is 24.3 Å². The third-order valence-corrected chi connectivity index (χ3v) is 4.37. The lowest BCUT2D eigenvalue weighted by atomic mass is 10.2. The van der Waals surface area contributed by atoms with Crippen molar-refractivity contribution < 1.29 is 14.3 Å². The molecular formula is C19H23N5O3. The maximum atomic E-state index is 12.6. The second-order valence-corrected chi connectivity index (χ2v) is 6.14. The maximum absolute atomic E-state index is 12.6. The van der Waals surface area contributed by atoms with Crippen LogP contribution in [0, 0.1) is 0 Å². The molecule has 1 aliphatic rings. The minimum Gasteiger partial charge on any atom is -0.492 e. The minimum atomic E-state index is -0.326. The number of benzene rings is 1. The lowest BCUT2D eigenvalue weighted by Crippen LogP contribution is -2.48. The first-order valence-corrected chi connectivity index (χ1v) is 8.94. The number of para-hydroxylation sites is 2. The van der Waals surface area contributed by atoms with Gasteiger partial charge in [0.2, 0.25) is 5.91 Å². The average molecular weight is 369 g/mol. The number of amides is 2. The molecule has 1 aromatic heterocycles. The Kier molecular flexibility index (Phi) is 5.85. The standard InChI is InChI=1S/C19H23N5O3/c1-3-27-17-7-5-4-6-15(17)22-19(26)16-12-18(21-13-20-16)24-10-8-23(9-11-24)14(2)25/h4-7,12-13H,3,8-11H2,1-2H3,(H,22,26). The second kappa shape index (κ2) is 8.48. The SMILES string of the molecule is CCOc1ccccc1NC(=O)c1cc(N2CCN(C(C)=O)CC2)ncn1. The zero-order chi connectivity index (χ0) is 19.2. The van der Waals surface area contributed by atoms with Crippen molar-refractivity contribution in [3.05, 3.63) is 42.4 Å². The van der Waals surface area contributed by atoms with Crippen LogP contribution in [-0.4, -0.2) is 59.5 Å². The van der Waals surface area contributed by atoms with Crippen molar-refractivity contribution >= 4 is 23.3 Å². The molecule has 0 saturated carbocycles. The van der Waals surface area contributed by atoms with E-state index in [2.05, 4.69) is 15.3 Å². The van der Waals surface area contributed by atoms with E-state index in [9.17, 15) is 9.59 Å². The molecule has 2 amide bonds. The number of anilines is 2. The topological polar surface area (TPSA) is 87.7 Å². The van der Waals surface area contributed by atoms with E-state index in [1.165, 1.54) is 6.33 Å². The van der Waals surface area contributed by atoms with Gasteiger partial charge in [-0.15, -0.1) is 0 Å². The zero-order valence-corrected chi connectivity index (χ0v) is 15.5. The van der Waals surface area contributed by atoms with Crippen LogP contribution in [0.3, 0.4) is 0 Å². The first-order valence-electron chi connectivity index (χ1n) is 8.94. The van der Waals surface area contributed by atoms with Crippen LogP contribution < -0.4 is 15.0 Å². The summed E-state index contributed by atoms with van der Waals surface area (Å²) in [6.45, 7) is 6.60. The third kappa shape index (κ3) is 4.52. The predicted molar refractivity (Wildman–Crippen MR) is 102 cm³/mol. The summed E-state index contributed by atoms with van der Waals surface area (Å²) in [5.74, 6) is 1.04. The highest BCUT2D eigenvalue weighted by Gasteiger charge is 2.21. The number of nitrogens with one attached hydrogen (secondary N) is 1. The van der Waals surface area contributed by atoms with Gasteiger partial charge in [-0.1, -0.05) is 12.1 Å². The molecule has 1 N–H and O–H groups in total. The van der Waals surface area contributed by atoms with Gasteiger partial charge in [0.05, 0.1) is 12.3 Å². The second-order valence-electron chi connectivity index (χ2n) is 6.14. The van der Waals surface area contributed by atoms with E-state index < -0.39 is 0 Å². The highest BCUT2D eigenvalue weighted by Crippen LogP contribution is 2.24. The maximum Gasteiger partial charge on any atom is 0.274 e. The number of nitrogens with zero attached hydrogens (tertiary/aromatic N) is 4. The van der Waals surface area contributed by atoms with Gasteiger partial charge in [-0.05, 0) is 19.1 Å².